The highest BCUT2D eigenvalue weighted by atomic mass is 16.5. The second-order valence-corrected chi connectivity index (χ2v) is 8.87. The molecule has 0 radical (unpaired) electrons. The summed E-state index contributed by atoms with van der Waals surface area (Å²) in [7, 11) is 0. The van der Waals surface area contributed by atoms with E-state index >= 15 is 0 Å². The van der Waals surface area contributed by atoms with Crippen LogP contribution in [0.3, 0.4) is 0 Å². The first-order valence-electron chi connectivity index (χ1n) is 12.3. The third kappa shape index (κ3) is 6.79. The molecular formula is C30H35NO2. The van der Waals surface area contributed by atoms with Crippen molar-refractivity contribution < 1.29 is 9.15 Å². The fraction of sp³-hybridized carbons (Fsp3) is 0.367. The number of hydrogen-bond donors (Lipinski definition) is 0. The number of hydrogen-bond acceptors (Lipinski definition) is 3. The number of benzene rings is 2. The highest BCUT2D eigenvalue weighted by Crippen LogP contribution is 2.24. The van der Waals surface area contributed by atoms with Crippen LogP contribution in [0.15, 0.2) is 82.8 Å². The van der Waals surface area contributed by atoms with Crippen molar-refractivity contribution in [1.82, 2.24) is 4.98 Å². The van der Waals surface area contributed by atoms with Crippen LogP contribution in [0.25, 0.3) is 11.5 Å². The van der Waals surface area contributed by atoms with Crippen molar-refractivity contribution in [2.24, 2.45) is 0 Å². The number of aryl methyl sites for hydroxylation is 1. The van der Waals surface area contributed by atoms with Gasteiger partial charge in [-0.1, -0.05) is 73.2 Å². The molecule has 0 N–H and O–H groups in total. The molecule has 1 aliphatic carbocycles. The lowest BCUT2D eigenvalue weighted by molar-refractivity contribution is 0.0888. The molecule has 3 heteroatoms. The van der Waals surface area contributed by atoms with Crippen LogP contribution in [0.4, 0.5) is 0 Å². The van der Waals surface area contributed by atoms with Gasteiger partial charge in [-0.3, -0.25) is 0 Å². The van der Waals surface area contributed by atoms with Crippen molar-refractivity contribution in [3.8, 4) is 11.5 Å². The third-order valence-corrected chi connectivity index (χ3v) is 6.21. The first-order chi connectivity index (χ1) is 16.2. The molecule has 0 amide bonds. The minimum Gasteiger partial charge on any atom is -0.441 e. The second kappa shape index (κ2) is 11.8. The van der Waals surface area contributed by atoms with E-state index < -0.39 is 0 Å². The summed E-state index contributed by atoms with van der Waals surface area (Å²) < 4.78 is 12.3. The zero-order chi connectivity index (χ0) is 22.9. The van der Waals surface area contributed by atoms with Crippen molar-refractivity contribution in [2.75, 3.05) is 6.61 Å². The molecule has 0 saturated heterocycles. The SMILES string of the molecule is CCc1oc(-c2ccc(Cc3ccccc3)cc2)nc1CCOC1/C=C/CCC/C(C)=C/C1. The normalized spacial score (nSPS) is 19.2. The van der Waals surface area contributed by atoms with E-state index in [2.05, 4.69) is 86.7 Å². The van der Waals surface area contributed by atoms with Crippen molar-refractivity contribution in [3.05, 3.63) is 101 Å². The lowest BCUT2D eigenvalue weighted by Crippen LogP contribution is -2.12. The average Bonchev–Trinajstić information content (AvgIpc) is 3.29. The maximum atomic E-state index is 6.20. The Kier molecular flexibility index (Phi) is 8.32. The summed E-state index contributed by atoms with van der Waals surface area (Å²) in [6, 6.07) is 19.1. The van der Waals surface area contributed by atoms with Crippen LogP contribution in [0, 0.1) is 0 Å². The van der Waals surface area contributed by atoms with E-state index in [0.717, 1.165) is 49.1 Å². The molecule has 1 heterocycles. The van der Waals surface area contributed by atoms with E-state index in [1.165, 1.54) is 29.5 Å². The van der Waals surface area contributed by atoms with Gasteiger partial charge in [0, 0.05) is 18.4 Å². The van der Waals surface area contributed by atoms with Crippen molar-refractivity contribution in [2.45, 2.75) is 64.9 Å². The molecule has 33 heavy (non-hydrogen) atoms. The predicted molar refractivity (Wildman–Crippen MR) is 135 cm³/mol. The molecular weight excluding hydrogens is 406 g/mol. The molecule has 0 aliphatic heterocycles. The molecule has 1 aromatic heterocycles. The van der Waals surface area contributed by atoms with Gasteiger partial charge in [0.2, 0.25) is 5.89 Å². The third-order valence-electron chi connectivity index (χ3n) is 6.21. The molecule has 0 saturated carbocycles. The summed E-state index contributed by atoms with van der Waals surface area (Å²) >= 11 is 0. The number of allylic oxidation sites excluding steroid dienone is 2. The molecule has 1 unspecified atom stereocenters. The first-order valence-corrected chi connectivity index (χ1v) is 12.3. The van der Waals surface area contributed by atoms with Gasteiger partial charge in [-0.15, -0.1) is 0 Å². The van der Waals surface area contributed by atoms with Gasteiger partial charge in [0.25, 0.3) is 0 Å². The Hall–Kier alpha value is -2.91. The van der Waals surface area contributed by atoms with Gasteiger partial charge >= 0.3 is 0 Å². The first kappa shape index (κ1) is 23.3. The van der Waals surface area contributed by atoms with E-state index in [4.69, 9.17) is 14.1 Å². The Bertz CT molecular complexity index is 1060. The minimum atomic E-state index is 0.145. The largest absolute Gasteiger partial charge is 0.441 e. The van der Waals surface area contributed by atoms with Gasteiger partial charge < -0.3 is 9.15 Å². The smallest absolute Gasteiger partial charge is 0.226 e. The van der Waals surface area contributed by atoms with E-state index in [1.54, 1.807) is 0 Å². The number of oxazole rings is 1. The molecule has 0 bridgehead atoms. The van der Waals surface area contributed by atoms with E-state index in [-0.39, 0.29) is 6.10 Å². The monoisotopic (exact) mass is 441 g/mol. The number of nitrogens with zero attached hydrogens (tertiary/aromatic N) is 1. The van der Waals surface area contributed by atoms with E-state index in [1.807, 2.05) is 0 Å². The highest BCUT2D eigenvalue weighted by Gasteiger charge is 2.14. The summed E-state index contributed by atoms with van der Waals surface area (Å²) in [5, 5.41) is 0. The van der Waals surface area contributed by atoms with Crippen LogP contribution in [-0.2, 0) is 24.0 Å². The fourth-order valence-corrected chi connectivity index (χ4v) is 4.25. The van der Waals surface area contributed by atoms with Crippen molar-refractivity contribution in [1.29, 1.82) is 0 Å². The van der Waals surface area contributed by atoms with Crippen molar-refractivity contribution >= 4 is 0 Å². The number of aromatic nitrogens is 1. The van der Waals surface area contributed by atoms with Gasteiger partial charge in [0.15, 0.2) is 0 Å². The van der Waals surface area contributed by atoms with Gasteiger partial charge in [0.1, 0.15) is 5.76 Å². The van der Waals surface area contributed by atoms with Crippen LogP contribution in [-0.4, -0.2) is 17.7 Å². The van der Waals surface area contributed by atoms with Crippen LogP contribution in [0.5, 0.6) is 0 Å². The van der Waals surface area contributed by atoms with E-state index in [9.17, 15) is 0 Å². The Morgan fingerprint density at radius 3 is 2.61 bits per heavy atom. The maximum absolute atomic E-state index is 6.20. The highest BCUT2D eigenvalue weighted by molar-refractivity contribution is 5.54. The summed E-state index contributed by atoms with van der Waals surface area (Å²) in [5.74, 6) is 1.66. The van der Waals surface area contributed by atoms with Crippen LogP contribution >= 0.6 is 0 Å². The summed E-state index contributed by atoms with van der Waals surface area (Å²) in [5.41, 5.74) is 6.11. The maximum Gasteiger partial charge on any atom is 0.226 e. The van der Waals surface area contributed by atoms with Crippen LogP contribution in [0.2, 0.25) is 0 Å². The Morgan fingerprint density at radius 1 is 1.03 bits per heavy atom. The quantitative estimate of drug-likeness (QED) is 0.340. The van der Waals surface area contributed by atoms with Gasteiger partial charge in [-0.05, 0) is 62.3 Å². The van der Waals surface area contributed by atoms with E-state index in [0.29, 0.717) is 12.5 Å². The molecule has 3 aromatic rings. The Labute approximate surface area is 198 Å². The molecule has 172 valence electrons. The fourth-order valence-electron chi connectivity index (χ4n) is 4.25. The zero-order valence-corrected chi connectivity index (χ0v) is 19.9. The molecule has 0 spiro atoms. The lowest BCUT2D eigenvalue weighted by Gasteiger charge is -2.12. The summed E-state index contributed by atoms with van der Waals surface area (Å²) in [4.78, 5) is 4.83. The Balaban J connectivity index is 1.37. The number of rotatable bonds is 8. The van der Waals surface area contributed by atoms with Gasteiger partial charge in [0.05, 0.1) is 18.4 Å². The molecule has 2 aromatic carbocycles. The van der Waals surface area contributed by atoms with Gasteiger partial charge in [-0.25, -0.2) is 4.98 Å². The predicted octanol–water partition coefficient (Wildman–Crippen LogP) is 7.50. The standard InChI is InChI=1S/C30H35NO2/c1-3-29-28(20-21-32-27-13-9-4-6-10-23(2)14-19-27)31-30(33-29)26-17-15-25(16-18-26)22-24-11-7-5-8-12-24/h5,7-9,11-18,27H,3-4,6,10,19-22H2,1-2H3/b13-9+,23-14+. The van der Waals surface area contributed by atoms with Crippen LogP contribution in [0.1, 0.15) is 62.1 Å². The summed E-state index contributed by atoms with van der Waals surface area (Å²) in [6.07, 6.45) is 14.0. The number of ether oxygens (including phenoxy) is 1. The zero-order valence-electron chi connectivity index (χ0n) is 19.9. The molecule has 3 nitrogen and oxygen atoms in total. The molecule has 0 fully saturated rings. The lowest BCUT2D eigenvalue weighted by atomic mass is 10.0. The van der Waals surface area contributed by atoms with Crippen LogP contribution < -0.4 is 0 Å². The van der Waals surface area contributed by atoms with Crippen molar-refractivity contribution in [3.63, 3.8) is 0 Å². The minimum absolute atomic E-state index is 0.145. The second-order valence-electron chi connectivity index (χ2n) is 8.87. The average molecular weight is 442 g/mol. The molecule has 1 atom stereocenters. The molecule has 1 aliphatic rings. The summed E-state index contributed by atoms with van der Waals surface area (Å²) in [6.45, 7) is 4.99. The Morgan fingerprint density at radius 2 is 1.82 bits per heavy atom. The molecule has 4 rings (SSSR count). The van der Waals surface area contributed by atoms with Gasteiger partial charge in [-0.2, -0.15) is 0 Å². The topological polar surface area (TPSA) is 35.3 Å².